The summed E-state index contributed by atoms with van der Waals surface area (Å²) < 4.78 is 0. The second-order valence-electron chi connectivity index (χ2n) is 10.6. The zero-order chi connectivity index (χ0) is 25.3. The molecule has 4 rings (SSSR count). The van der Waals surface area contributed by atoms with Gasteiger partial charge in [-0.3, -0.25) is 14.4 Å². The Kier molecular flexibility index (Phi) is 8.99. The molecule has 1 aliphatic carbocycles. The Hall–Kier alpha value is -2.25. The number of hydrogen-bond acceptors (Lipinski definition) is 6. The van der Waals surface area contributed by atoms with Crippen molar-refractivity contribution in [1.82, 2.24) is 20.5 Å². The minimum absolute atomic E-state index is 0. The van der Waals surface area contributed by atoms with Gasteiger partial charge in [0.15, 0.2) is 0 Å². The van der Waals surface area contributed by atoms with Crippen LogP contribution in [0.15, 0.2) is 23.7 Å². The van der Waals surface area contributed by atoms with Crippen molar-refractivity contribution in [1.29, 1.82) is 0 Å². The Morgan fingerprint density at radius 1 is 1.19 bits per heavy atom. The Bertz CT molecular complexity index is 1130. The quantitative estimate of drug-likeness (QED) is 0.415. The molecule has 1 aromatic heterocycles. The number of hydrogen-bond donors (Lipinski definition) is 3. The molecule has 10 heteroatoms. The zero-order valence-corrected chi connectivity index (χ0v) is 24.9. The fourth-order valence-corrected chi connectivity index (χ4v) is 5.26. The van der Waals surface area contributed by atoms with E-state index in [2.05, 4.69) is 15.6 Å². The fourth-order valence-electron chi connectivity index (χ4n) is 4.46. The third-order valence-corrected chi connectivity index (χ3v) is 7.71. The molecule has 1 saturated heterocycles. The van der Waals surface area contributed by atoms with Gasteiger partial charge in [-0.1, -0.05) is 32.9 Å². The van der Waals surface area contributed by atoms with E-state index in [-0.39, 0.29) is 57.0 Å². The van der Waals surface area contributed by atoms with Gasteiger partial charge in [-0.05, 0) is 49.7 Å². The molecule has 194 valence electrons. The molecule has 2 heterocycles. The number of phenols is 1. The summed E-state index contributed by atoms with van der Waals surface area (Å²) >= 11 is 1.51. The normalized spacial score (nSPS) is 18.3. The summed E-state index contributed by atoms with van der Waals surface area (Å²) in [4.78, 5) is 45.8. The van der Waals surface area contributed by atoms with Gasteiger partial charge in [0.1, 0.15) is 17.8 Å². The maximum Gasteiger partial charge on any atom is 0.246 e. The molecule has 0 spiro atoms. The molecule has 0 bridgehead atoms. The van der Waals surface area contributed by atoms with Crippen LogP contribution >= 0.6 is 11.3 Å². The van der Waals surface area contributed by atoms with Gasteiger partial charge < -0.3 is 20.6 Å². The third-order valence-electron chi connectivity index (χ3n) is 6.73. The van der Waals surface area contributed by atoms with Crippen LogP contribution in [0.3, 0.4) is 0 Å². The number of carbonyl (C=O) groups is 3. The molecule has 2 aliphatic rings. The van der Waals surface area contributed by atoms with Crippen molar-refractivity contribution in [3.05, 3.63) is 35.0 Å². The fraction of sp³-hybridized carbons (Fsp3) is 0.538. The van der Waals surface area contributed by atoms with Gasteiger partial charge in [0.25, 0.3) is 0 Å². The van der Waals surface area contributed by atoms with E-state index < -0.39 is 17.5 Å². The van der Waals surface area contributed by atoms with Gasteiger partial charge in [-0.15, -0.1) is 11.3 Å². The SMILES string of the molecule is Cc1ncsc1-c1ccc(CNC(=O)C2CCCN2C(=O)C(NC(=O)C2CC2)C(C)(C)C)c(O)c1.[W]. The summed E-state index contributed by atoms with van der Waals surface area (Å²) in [6.45, 7) is 8.34. The molecule has 36 heavy (non-hydrogen) atoms. The number of aryl methyl sites for hydroxylation is 1. The number of nitrogens with zero attached hydrogens (tertiary/aromatic N) is 2. The molecule has 2 atom stereocenters. The van der Waals surface area contributed by atoms with Gasteiger partial charge in [-0.2, -0.15) is 0 Å². The van der Waals surface area contributed by atoms with E-state index >= 15 is 0 Å². The number of nitrogens with one attached hydrogen (secondary N) is 2. The molecule has 0 radical (unpaired) electrons. The summed E-state index contributed by atoms with van der Waals surface area (Å²) in [5, 5.41) is 16.4. The molecule has 3 amide bonds. The minimum Gasteiger partial charge on any atom is -0.508 e. The predicted molar refractivity (Wildman–Crippen MR) is 135 cm³/mol. The van der Waals surface area contributed by atoms with E-state index in [4.69, 9.17) is 0 Å². The molecule has 2 aromatic rings. The summed E-state index contributed by atoms with van der Waals surface area (Å²) in [6.07, 6.45) is 3.03. The Morgan fingerprint density at radius 2 is 1.92 bits per heavy atom. The van der Waals surface area contributed by atoms with Crippen LogP contribution in [0.5, 0.6) is 5.75 Å². The van der Waals surface area contributed by atoms with Gasteiger partial charge >= 0.3 is 0 Å². The van der Waals surface area contributed by atoms with Crippen LogP contribution in [0.1, 0.15) is 57.7 Å². The average Bonchev–Trinajstić information content (AvgIpc) is 3.38. The number of aromatic hydroxyl groups is 1. The van der Waals surface area contributed by atoms with E-state index in [9.17, 15) is 19.5 Å². The van der Waals surface area contributed by atoms with Crippen molar-refractivity contribution in [2.75, 3.05) is 6.54 Å². The molecule has 2 unspecified atom stereocenters. The molecule has 8 nitrogen and oxygen atoms in total. The Morgan fingerprint density at radius 3 is 2.50 bits per heavy atom. The number of amides is 3. The number of carbonyl (C=O) groups excluding carboxylic acids is 3. The largest absolute Gasteiger partial charge is 0.508 e. The summed E-state index contributed by atoms with van der Waals surface area (Å²) in [5.41, 5.74) is 3.68. The summed E-state index contributed by atoms with van der Waals surface area (Å²) in [6, 6.07) is 4.11. The van der Waals surface area contributed by atoms with E-state index in [1.807, 2.05) is 33.8 Å². The molecule has 2 fully saturated rings. The second-order valence-corrected chi connectivity index (χ2v) is 11.5. The Labute approximate surface area is 230 Å². The number of thiazole rings is 1. The van der Waals surface area contributed by atoms with E-state index in [1.54, 1.807) is 22.5 Å². The topological polar surface area (TPSA) is 112 Å². The number of rotatable bonds is 7. The van der Waals surface area contributed by atoms with Crippen LogP contribution in [0, 0.1) is 18.3 Å². The van der Waals surface area contributed by atoms with Crippen molar-refractivity contribution in [3.63, 3.8) is 0 Å². The van der Waals surface area contributed by atoms with Crippen LogP contribution in [0.25, 0.3) is 10.4 Å². The summed E-state index contributed by atoms with van der Waals surface area (Å²) in [5.74, 6) is -0.434. The van der Waals surface area contributed by atoms with Crippen molar-refractivity contribution in [3.8, 4) is 16.2 Å². The van der Waals surface area contributed by atoms with E-state index in [0.717, 1.165) is 35.4 Å². The molecule has 1 aromatic carbocycles. The third kappa shape index (κ3) is 6.35. The molecule has 1 aliphatic heterocycles. The average molecular weight is 682 g/mol. The standard InChI is InChI=1S/C26H34N4O4S.W/c1-15-21(35-14-28-15)17-9-10-18(20(31)12-17)13-27-24(33)19-6-5-11-30(19)25(34)22(26(2,3)4)29-23(32)16-7-8-16;/h9-10,12,14,16,19,22,31H,5-8,11,13H2,1-4H3,(H,27,33)(H,29,32);. The van der Waals surface area contributed by atoms with E-state index in [0.29, 0.717) is 18.5 Å². The Balaban J connectivity index is 0.00000361. The first kappa shape index (κ1) is 28.3. The number of phenolic OH excluding ortho intramolecular Hbond substituents is 1. The van der Waals surface area contributed by atoms with Gasteiger partial charge in [0.2, 0.25) is 17.7 Å². The van der Waals surface area contributed by atoms with Crippen LogP contribution in [0.2, 0.25) is 0 Å². The molecular weight excluding hydrogens is 648 g/mol. The second kappa shape index (κ2) is 11.4. The first-order valence-electron chi connectivity index (χ1n) is 12.2. The molecular formula is C26H34N4O4SW. The first-order chi connectivity index (χ1) is 16.6. The monoisotopic (exact) mass is 682 g/mol. The summed E-state index contributed by atoms with van der Waals surface area (Å²) in [7, 11) is 0. The number of benzene rings is 1. The zero-order valence-electron chi connectivity index (χ0n) is 21.2. The van der Waals surface area contributed by atoms with Crippen molar-refractivity contribution < 1.29 is 40.6 Å². The van der Waals surface area contributed by atoms with E-state index in [1.165, 1.54) is 11.3 Å². The maximum atomic E-state index is 13.5. The van der Waals surface area contributed by atoms with Crippen molar-refractivity contribution >= 4 is 29.1 Å². The number of likely N-dealkylation sites (tertiary alicyclic amines) is 1. The van der Waals surface area contributed by atoms with Gasteiger partial charge in [-0.25, -0.2) is 4.98 Å². The van der Waals surface area contributed by atoms with Crippen molar-refractivity contribution in [2.24, 2.45) is 11.3 Å². The van der Waals surface area contributed by atoms with Crippen LogP contribution < -0.4 is 10.6 Å². The van der Waals surface area contributed by atoms with Crippen LogP contribution in [-0.2, 0) is 42.0 Å². The van der Waals surface area contributed by atoms with Crippen molar-refractivity contribution in [2.45, 2.75) is 72.0 Å². The molecule has 1 saturated carbocycles. The smallest absolute Gasteiger partial charge is 0.246 e. The maximum absolute atomic E-state index is 13.5. The van der Waals surface area contributed by atoms with Gasteiger partial charge in [0.05, 0.1) is 16.1 Å². The molecule has 3 N–H and O–H groups in total. The minimum atomic E-state index is -0.684. The first-order valence-corrected chi connectivity index (χ1v) is 13.0. The van der Waals surface area contributed by atoms with Crippen LogP contribution in [0.4, 0.5) is 0 Å². The predicted octanol–water partition coefficient (Wildman–Crippen LogP) is 3.37. The number of aromatic nitrogens is 1. The van der Waals surface area contributed by atoms with Crippen LogP contribution in [-0.4, -0.2) is 51.3 Å². The van der Waals surface area contributed by atoms with Gasteiger partial charge in [0, 0.05) is 45.6 Å².